The molecule has 3 rings (SSSR count). The van der Waals surface area contributed by atoms with Gasteiger partial charge in [0, 0.05) is 5.69 Å². The van der Waals surface area contributed by atoms with E-state index in [4.69, 9.17) is 5.11 Å². The maximum Gasteiger partial charge on any atom is 0.345 e. The molecule has 1 amide bonds. The molecule has 1 aromatic heterocycles. The molecule has 0 aliphatic heterocycles. The van der Waals surface area contributed by atoms with E-state index in [0.717, 1.165) is 34.6 Å². The number of hydrogen-bond donors (Lipinski definition) is 2. The minimum atomic E-state index is -0.993. The van der Waals surface area contributed by atoms with Crippen molar-refractivity contribution in [1.82, 2.24) is 0 Å². The quantitative estimate of drug-likeness (QED) is 0.713. The number of carbonyl (C=O) groups excluding carboxylic acids is 1. The van der Waals surface area contributed by atoms with Crippen molar-refractivity contribution in [3.63, 3.8) is 0 Å². The SMILES string of the molecule is O=C(O)c1cc(-c2ccc(NC(=O)c3c(F)cccc3F)cc2)cs1. The largest absolute Gasteiger partial charge is 0.477 e. The molecule has 1 heterocycles. The first-order valence-corrected chi connectivity index (χ1v) is 8.01. The Balaban J connectivity index is 1.78. The standard InChI is InChI=1S/C18H11F2NO3S/c19-13-2-1-3-14(20)16(13)17(22)21-12-6-4-10(5-7-12)11-8-15(18(23)24)25-9-11/h1-9H,(H,21,22)(H,23,24). The van der Waals surface area contributed by atoms with Crippen LogP contribution < -0.4 is 5.32 Å². The average molecular weight is 359 g/mol. The highest BCUT2D eigenvalue weighted by atomic mass is 32.1. The summed E-state index contributed by atoms with van der Waals surface area (Å²) < 4.78 is 27.2. The van der Waals surface area contributed by atoms with Crippen LogP contribution in [0.2, 0.25) is 0 Å². The molecule has 0 spiro atoms. The van der Waals surface area contributed by atoms with Crippen molar-refractivity contribution in [3.8, 4) is 11.1 Å². The highest BCUT2D eigenvalue weighted by Crippen LogP contribution is 2.27. The summed E-state index contributed by atoms with van der Waals surface area (Å²) in [7, 11) is 0. The molecule has 126 valence electrons. The summed E-state index contributed by atoms with van der Waals surface area (Å²) in [5.41, 5.74) is 1.22. The predicted molar refractivity (Wildman–Crippen MR) is 91.0 cm³/mol. The molecule has 7 heteroatoms. The van der Waals surface area contributed by atoms with Crippen molar-refractivity contribution in [2.24, 2.45) is 0 Å². The van der Waals surface area contributed by atoms with Crippen molar-refractivity contribution >= 4 is 28.9 Å². The lowest BCUT2D eigenvalue weighted by molar-refractivity contribution is 0.0702. The Bertz CT molecular complexity index is 931. The third kappa shape index (κ3) is 3.56. The van der Waals surface area contributed by atoms with Gasteiger partial charge in [-0.3, -0.25) is 4.79 Å². The molecule has 0 aliphatic rings. The molecule has 3 aromatic rings. The summed E-state index contributed by atoms with van der Waals surface area (Å²) in [6.07, 6.45) is 0. The first kappa shape index (κ1) is 16.8. The second-order valence-corrected chi connectivity index (χ2v) is 6.04. The molecule has 0 saturated carbocycles. The van der Waals surface area contributed by atoms with Gasteiger partial charge >= 0.3 is 5.97 Å². The molecule has 4 nitrogen and oxygen atoms in total. The zero-order valence-corrected chi connectivity index (χ0v) is 13.4. The van der Waals surface area contributed by atoms with Crippen molar-refractivity contribution in [2.45, 2.75) is 0 Å². The molecule has 0 bridgehead atoms. The Labute approximate surface area is 145 Å². The highest BCUT2D eigenvalue weighted by Gasteiger charge is 2.17. The highest BCUT2D eigenvalue weighted by molar-refractivity contribution is 7.12. The monoisotopic (exact) mass is 359 g/mol. The van der Waals surface area contributed by atoms with E-state index in [0.29, 0.717) is 5.69 Å². The van der Waals surface area contributed by atoms with Crippen molar-refractivity contribution in [1.29, 1.82) is 0 Å². The number of rotatable bonds is 4. The predicted octanol–water partition coefficient (Wildman–Crippen LogP) is 4.64. The molecule has 0 atom stereocenters. The van der Waals surface area contributed by atoms with E-state index in [1.54, 1.807) is 35.7 Å². The van der Waals surface area contributed by atoms with Crippen molar-refractivity contribution in [3.05, 3.63) is 76.0 Å². The number of nitrogens with one attached hydrogen (secondary N) is 1. The molecule has 2 N–H and O–H groups in total. The Morgan fingerprint density at radius 3 is 2.16 bits per heavy atom. The summed E-state index contributed by atoms with van der Waals surface area (Å²) in [6, 6.07) is 11.3. The van der Waals surface area contributed by atoms with Gasteiger partial charge in [0.05, 0.1) is 0 Å². The molecule has 0 radical (unpaired) electrons. The van der Waals surface area contributed by atoms with Gasteiger partial charge in [-0.25, -0.2) is 13.6 Å². The van der Waals surface area contributed by atoms with Gasteiger partial charge in [0.15, 0.2) is 0 Å². The second kappa shape index (κ2) is 6.82. The van der Waals surface area contributed by atoms with Crippen molar-refractivity contribution in [2.75, 3.05) is 5.32 Å². The van der Waals surface area contributed by atoms with Gasteiger partial charge in [-0.1, -0.05) is 18.2 Å². The minimum Gasteiger partial charge on any atom is -0.477 e. The lowest BCUT2D eigenvalue weighted by Crippen LogP contribution is -2.15. The zero-order chi connectivity index (χ0) is 18.0. The topological polar surface area (TPSA) is 66.4 Å². The van der Waals surface area contributed by atoms with E-state index < -0.39 is 29.1 Å². The Hall–Kier alpha value is -3.06. The third-order valence-electron chi connectivity index (χ3n) is 3.48. The van der Waals surface area contributed by atoms with Gasteiger partial charge in [-0.2, -0.15) is 0 Å². The zero-order valence-electron chi connectivity index (χ0n) is 12.6. The number of benzene rings is 2. The van der Waals surface area contributed by atoms with Crippen LogP contribution in [-0.4, -0.2) is 17.0 Å². The van der Waals surface area contributed by atoms with Crippen LogP contribution in [0.25, 0.3) is 11.1 Å². The molecular formula is C18H11F2NO3S. The summed E-state index contributed by atoms with van der Waals surface area (Å²) >= 11 is 1.12. The fraction of sp³-hybridized carbons (Fsp3) is 0. The summed E-state index contributed by atoms with van der Waals surface area (Å²) in [5, 5.41) is 13.1. The Morgan fingerprint density at radius 2 is 1.60 bits per heavy atom. The number of carboxylic acids is 1. The summed E-state index contributed by atoms with van der Waals surface area (Å²) in [4.78, 5) is 23.2. The molecule has 0 aliphatic carbocycles. The van der Waals surface area contributed by atoms with E-state index in [-0.39, 0.29) is 4.88 Å². The molecular weight excluding hydrogens is 348 g/mol. The smallest absolute Gasteiger partial charge is 0.345 e. The van der Waals surface area contributed by atoms with Crippen LogP contribution in [0, 0.1) is 11.6 Å². The van der Waals surface area contributed by atoms with Crippen LogP contribution >= 0.6 is 11.3 Å². The fourth-order valence-electron chi connectivity index (χ4n) is 2.25. The number of anilines is 1. The maximum atomic E-state index is 13.6. The molecule has 0 saturated heterocycles. The van der Waals surface area contributed by atoms with Crippen LogP contribution in [0.5, 0.6) is 0 Å². The lowest BCUT2D eigenvalue weighted by atomic mass is 10.1. The Kier molecular flexibility index (Phi) is 4.58. The van der Waals surface area contributed by atoms with E-state index in [9.17, 15) is 18.4 Å². The molecule has 0 fully saturated rings. The number of carboxylic acid groups (broad SMARTS) is 1. The van der Waals surface area contributed by atoms with Crippen LogP contribution in [0.3, 0.4) is 0 Å². The third-order valence-corrected chi connectivity index (χ3v) is 4.39. The van der Waals surface area contributed by atoms with Gasteiger partial charge in [0.2, 0.25) is 0 Å². The van der Waals surface area contributed by atoms with Crippen LogP contribution in [-0.2, 0) is 0 Å². The van der Waals surface area contributed by atoms with Crippen LogP contribution in [0.15, 0.2) is 53.9 Å². The minimum absolute atomic E-state index is 0.224. The van der Waals surface area contributed by atoms with Crippen LogP contribution in [0.4, 0.5) is 14.5 Å². The van der Waals surface area contributed by atoms with E-state index >= 15 is 0 Å². The van der Waals surface area contributed by atoms with Gasteiger partial charge in [0.1, 0.15) is 22.1 Å². The Morgan fingerprint density at radius 1 is 0.960 bits per heavy atom. The number of halogens is 2. The van der Waals surface area contributed by atoms with E-state index in [1.165, 1.54) is 6.07 Å². The van der Waals surface area contributed by atoms with Gasteiger partial charge < -0.3 is 10.4 Å². The maximum absolute atomic E-state index is 13.6. The van der Waals surface area contributed by atoms with Crippen molar-refractivity contribution < 1.29 is 23.5 Å². The first-order valence-electron chi connectivity index (χ1n) is 7.13. The van der Waals surface area contributed by atoms with E-state index in [2.05, 4.69) is 5.32 Å². The second-order valence-electron chi connectivity index (χ2n) is 5.13. The fourth-order valence-corrected chi connectivity index (χ4v) is 3.01. The summed E-state index contributed by atoms with van der Waals surface area (Å²) in [6.45, 7) is 0. The first-order chi connectivity index (χ1) is 12.0. The number of hydrogen-bond acceptors (Lipinski definition) is 3. The number of amides is 1. The molecule has 2 aromatic carbocycles. The molecule has 25 heavy (non-hydrogen) atoms. The normalized spacial score (nSPS) is 10.5. The van der Waals surface area contributed by atoms with Gasteiger partial charge in [0.25, 0.3) is 5.91 Å². The summed E-state index contributed by atoms with van der Waals surface area (Å²) in [5.74, 6) is -3.75. The van der Waals surface area contributed by atoms with E-state index in [1.807, 2.05) is 0 Å². The van der Waals surface area contributed by atoms with Gasteiger partial charge in [-0.15, -0.1) is 11.3 Å². The lowest BCUT2D eigenvalue weighted by Gasteiger charge is -2.08. The number of aromatic carboxylic acids is 1. The van der Waals surface area contributed by atoms with Gasteiger partial charge in [-0.05, 0) is 46.8 Å². The number of thiophene rings is 1. The molecule has 0 unspecified atom stereocenters. The van der Waals surface area contributed by atoms with Crippen LogP contribution in [0.1, 0.15) is 20.0 Å². The number of carbonyl (C=O) groups is 2. The average Bonchev–Trinajstić information content (AvgIpc) is 3.05.